The molecule has 0 aliphatic rings. The second kappa shape index (κ2) is 6.38. The highest BCUT2D eigenvalue weighted by molar-refractivity contribution is 9.10. The van der Waals surface area contributed by atoms with E-state index in [0.717, 1.165) is 15.8 Å². The third-order valence-electron chi connectivity index (χ3n) is 2.66. The van der Waals surface area contributed by atoms with E-state index in [2.05, 4.69) is 26.6 Å². The van der Waals surface area contributed by atoms with E-state index in [9.17, 15) is 10.1 Å². The normalized spacial score (nSPS) is 10.1. The zero-order valence-electron chi connectivity index (χ0n) is 10.9. The number of nitrogens with one attached hydrogen (secondary N) is 2. The molecule has 2 aromatic carbocycles. The molecule has 2 aromatic rings. The number of halogens is 1. The number of non-ortho nitro benzene ring substituents is 1. The molecule has 0 aromatic heterocycles. The summed E-state index contributed by atoms with van der Waals surface area (Å²) in [6.07, 6.45) is 0. The molecular weight excluding hydrogens is 322 g/mol. The maximum absolute atomic E-state index is 11.0. The van der Waals surface area contributed by atoms with Gasteiger partial charge in [-0.25, -0.2) is 0 Å². The summed E-state index contributed by atoms with van der Waals surface area (Å²) in [6.45, 7) is 2.65. The van der Waals surface area contributed by atoms with Crippen molar-refractivity contribution in [3.05, 3.63) is 57.1 Å². The lowest BCUT2D eigenvalue weighted by molar-refractivity contribution is -0.384. The third kappa shape index (κ3) is 3.48. The van der Waals surface area contributed by atoms with Crippen molar-refractivity contribution in [2.45, 2.75) is 6.92 Å². The van der Waals surface area contributed by atoms with Crippen LogP contribution in [0, 0.1) is 10.1 Å². The average molecular weight is 336 g/mol. The van der Waals surface area contributed by atoms with E-state index in [1.54, 1.807) is 0 Å². The molecule has 2 rings (SSSR count). The van der Waals surface area contributed by atoms with E-state index in [0.29, 0.717) is 12.2 Å². The third-order valence-corrected chi connectivity index (χ3v) is 3.35. The molecular formula is C14H14BrN3O2. The van der Waals surface area contributed by atoms with Crippen LogP contribution >= 0.6 is 15.9 Å². The highest BCUT2D eigenvalue weighted by atomic mass is 79.9. The molecule has 0 atom stereocenters. The molecule has 0 radical (unpaired) electrons. The molecule has 0 fully saturated rings. The van der Waals surface area contributed by atoms with Crippen molar-refractivity contribution in [2.75, 3.05) is 17.2 Å². The molecule has 0 aliphatic heterocycles. The van der Waals surface area contributed by atoms with E-state index in [1.165, 1.54) is 12.1 Å². The lowest BCUT2D eigenvalue weighted by Gasteiger charge is -2.11. The summed E-state index contributed by atoms with van der Waals surface area (Å²) in [5.41, 5.74) is 2.30. The number of nitro benzene ring substituents is 1. The zero-order valence-corrected chi connectivity index (χ0v) is 12.5. The number of nitro groups is 1. The molecule has 6 heteroatoms. The molecule has 5 nitrogen and oxygen atoms in total. The van der Waals surface area contributed by atoms with Crippen LogP contribution in [0.1, 0.15) is 6.92 Å². The minimum absolute atomic E-state index is 0.0537. The highest BCUT2D eigenvalue weighted by Crippen LogP contribution is 2.29. The van der Waals surface area contributed by atoms with Crippen molar-refractivity contribution in [2.24, 2.45) is 0 Å². The fourth-order valence-electron chi connectivity index (χ4n) is 1.81. The number of hydrogen-bond acceptors (Lipinski definition) is 4. The van der Waals surface area contributed by atoms with Crippen LogP contribution in [0.5, 0.6) is 0 Å². The second-order valence-electron chi connectivity index (χ2n) is 4.16. The minimum atomic E-state index is -0.397. The van der Waals surface area contributed by atoms with Crippen LogP contribution in [0.4, 0.5) is 22.7 Å². The Balaban J connectivity index is 2.35. The molecule has 104 valence electrons. The van der Waals surface area contributed by atoms with Gasteiger partial charge >= 0.3 is 0 Å². The van der Waals surface area contributed by atoms with Crippen LogP contribution in [0.2, 0.25) is 0 Å². The van der Waals surface area contributed by atoms with Crippen LogP contribution in [-0.2, 0) is 0 Å². The Bertz CT molecular complexity index is 632. The van der Waals surface area contributed by atoms with Crippen molar-refractivity contribution >= 4 is 38.7 Å². The van der Waals surface area contributed by atoms with Crippen LogP contribution in [-0.4, -0.2) is 11.5 Å². The van der Waals surface area contributed by atoms with Crippen LogP contribution in [0.3, 0.4) is 0 Å². The molecule has 0 bridgehead atoms. The van der Waals surface area contributed by atoms with Gasteiger partial charge in [-0.15, -0.1) is 0 Å². The maximum Gasteiger partial charge on any atom is 0.273 e. The average Bonchev–Trinajstić information content (AvgIpc) is 2.41. The Morgan fingerprint density at radius 2 is 1.90 bits per heavy atom. The van der Waals surface area contributed by atoms with Gasteiger partial charge in [0.1, 0.15) is 0 Å². The van der Waals surface area contributed by atoms with Gasteiger partial charge in [0.25, 0.3) is 5.69 Å². The predicted octanol–water partition coefficient (Wildman–Crippen LogP) is 4.53. The molecule has 2 N–H and O–H groups in total. The monoisotopic (exact) mass is 335 g/mol. The van der Waals surface area contributed by atoms with E-state index in [4.69, 9.17) is 0 Å². The molecule has 0 spiro atoms. The van der Waals surface area contributed by atoms with Crippen molar-refractivity contribution in [3.8, 4) is 0 Å². The molecule has 20 heavy (non-hydrogen) atoms. The summed E-state index contributed by atoms with van der Waals surface area (Å²) >= 11 is 3.44. The highest BCUT2D eigenvalue weighted by Gasteiger charge is 2.10. The number of benzene rings is 2. The topological polar surface area (TPSA) is 67.2 Å². The van der Waals surface area contributed by atoms with Gasteiger partial charge in [0.15, 0.2) is 0 Å². The Kier molecular flexibility index (Phi) is 4.57. The van der Waals surface area contributed by atoms with Gasteiger partial charge in [0.2, 0.25) is 0 Å². The summed E-state index contributed by atoms with van der Waals surface area (Å²) in [6, 6.07) is 12.5. The molecule has 0 heterocycles. The Hall–Kier alpha value is -2.08. The van der Waals surface area contributed by atoms with Gasteiger partial charge in [-0.3, -0.25) is 10.1 Å². The van der Waals surface area contributed by atoms with Gasteiger partial charge in [-0.1, -0.05) is 12.1 Å². The smallest absolute Gasteiger partial charge is 0.273 e. The van der Waals surface area contributed by atoms with Crippen molar-refractivity contribution in [1.29, 1.82) is 0 Å². The van der Waals surface area contributed by atoms with Crippen molar-refractivity contribution in [1.82, 2.24) is 0 Å². The first-order chi connectivity index (χ1) is 9.60. The quantitative estimate of drug-likeness (QED) is 0.622. The van der Waals surface area contributed by atoms with E-state index >= 15 is 0 Å². The van der Waals surface area contributed by atoms with E-state index in [-0.39, 0.29) is 5.69 Å². The number of hydrogen-bond donors (Lipinski definition) is 2. The first kappa shape index (κ1) is 14.3. The Labute approximate surface area is 125 Å². The summed E-state index contributed by atoms with van der Waals surface area (Å²) in [5, 5.41) is 17.2. The minimum Gasteiger partial charge on any atom is -0.385 e. The van der Waals surface area contributed by atoms with E-state index < -0.39 is 4.92 Å². The summed E-state index contributed by atoms with van der Waals surface area (Å²) in [7, 11) is 0. The molecule has 0 aliphatic carbocycles. The van der Waals surface area contributed by atoms with Gasteiger partial charge in [0, 0.05) is 34.5 Å². The fourth-order valence-corrected chi connectivity index (χ4v) is 2.20. The SMILES string of the molecule is CCNc1cc(Nc2ccccc2Br)cc([N+](=O)[O-])c1. The summed E-state index contributed by atoms with van der Waals surface area (Å²) < 4.78 is 0.900. The molecule has 0 saturated heterocycles. The van der Waals surface area contributed by atoms with Gasteiger partial charge in [-0.2, -0.15) is 0 Å². The molecule has 0 amide bonds. The van der Waals surface area contributed by atoms with Crippen LogP contribution in [0.15, 0.2) is 46.9 Å². The van der Waals surface area contributed by atoms with Gasteiger partial charge < -0.3 is 10.6 Å². The van der Waals surface area contributed by atoms with E-state index in [1.807, 2.05) is 37.3 Å². The second-order valence-corrected chi connectivity index (χ2v) is 5.02. The number of rotatable bonds is 5. The number of anilines is 3. The standard InChI is InChI=1S/C14H14BrN3O2/c1-2-16-10-7-11(9-12(8-10)18(19)20)17-14-6-4-3-5-13(14)15/h3-9,16-17H,2H2,1H3. The molecule has 0 saturated carbocycles. The van der Waals surface area contributed by atoms with Crippen LogP contribution < -0.4 is 10.6 Å². The first-order valence-electron chi connectivity index (χ1n) is 6.15. The first-order valence-corrected chi connectivity index (χ1v) is 6.94. The fraction of sp³-hybridized carbons (Fsp3) is 0.143. The summed E-state index contributed by atoms with van der Waals surface area (Å²) in [4.78, 5) is 10.6. The Morgan fingerprint density at radius 3 is 2.55 bits per heavy atom. The zero-order chi connectivity index (χ0) is 14.5. The number of nitrogens with zero attached hydrogens (tertiary/aromatic N) is 1. The summed E-state index contributed by atoms with van der Waals surface area (Å²) in [5.74, 6) is 0. The van der Waals surface area contributed by atoms with Crippen molar-refractivity contribution in [3.63, 3.8) is 0 Å². The predicted molar refractivity (Wildman–Crippen MR) is 84.7 cm³/mol. The largest absolute Gasteiger partial charge is 0.385 e. The maximum atomic E-state index is 11.0. The van der Waals surface area contributed by atoms with Crippen LogP contribution in [0.25, 0.3) is 0 Å². The van der Waals surface area contributed by atoms with Gasteiger partial charge in [0.05, 0.1) is 10.6 Å². The number of para-hydroxylation sites is 1. The lowest BCUT2D eigenvalue weighted by Crippen LogP contribution is -2.00. The Morgan fingerprint density at radius 1 is 1.20 bits per heavy atom. The van der Waals surface area contributed by atoms with Gasteiger partial charge in [-0.05, 0) is 41.1 Å². The molecule has 0 unspecified atom stereocenters. The van der Waals surface area contributed by atoms with Crippen molar-refractivity contribution < 1.29 is 4.92 Å². The lowest BCUT2D eigenvalue weighted by atomic mass is 10.2.